The first-order valence-corrected chi connectivity index (χ1v) is 7.28. The van der Waals surface area contributed by atoms with Crippen molar-refractivity contribution in [3.63, 3.8) is 0 Å². The lowest BCUT2D eigenvalue weighted by Crippen LogP contribution is -2.09. The summed E-state index contributed by atoms with van der Waals surface area (Å²) < 4.78 is 5.50. The highest BCUT2D eigenvalue weighted by Crippen LogP contribution is 2.29. The van der Waals surface area contributed by atoms with Crippen LogP contribution in [-0.4, -0.2) is 5.11 Å². The number of benzene rings is 2. The lowest BCUT2D eigenvalue weighted by molar-refractivity contribution is 0.470. The van der Waals surface area contributed by atoms with Gasteiger partial charge in [-0.2, -0.15) is 0 Å². The van der Waals surface area contributed by atoms with Crippen LogP contribution in [0.1, 0.15) is 27.8 Å². The maximum Gasteiger partial charge on any atom is 0.339 e. The summed E-state index contributed by atoms with van der Waals surface area (Å²) >= 11 is 0. The molecule has 0 fully saturated rings. The van der Waals surface area contributed by atoms with E-state index in [1.807, 2.05) is 51.1 Å². The third-order valence-electron chi connectivity index (χ3n) is 4.27. The van der Waals surface area contributed by atoms with Crippen LogP contribution in [0.4, 0.5) is 0 Å². The summed E-state index contributed by atoms with van der Waals surface area (Å²) in [6.45, 7) is 5.68. The highest BCUT2D eigenvalue weighted by Gasteiger charge is 2.12. The molecule has 0 aliphatic heterocycles. The Bertz CT molecular complexity index is 920. The van der Waals surface area contributed by atoms with Crippen molar-refractivity contribution in [3.05, 3.63) is 74.6 Å². The Hall–Kier alpha value is -2.55. The second kappa shape index (κ2) is 5.34. The van der Waals surface area contributed by atoms with Gasteiger partial charge in [0.05, 0.1) is 0 Å². The number of aromatic hydroxyl groups is 1. The maximum atomic E-state index is 12.3. The van der Waals surface area contributed by atoms with Gasteiger partial charge < -0.3 is 9.52 Å². The van der Waals surface area contributed by atoms with Crippen molar-refractivity contribution in [1.82, 2.24) is 0 Å². The minimum atomic E-state index is -0.316. The van der Waals surface area contributed by atoms with Crippen LogP contribution in [-0.2, 0) is 6.42 Å². The van der Waals surface area contributed by atoms with Crippen molar-refractivity contribution in [3.8, 4) is 5.75 Å². The number of aryl methyl sites for hydroxylation is 2. The lowest BCUT2D eigenvalue weighted by atomic mass is 9.99. The van der Waals surface area contributed by atoms with Gasteiger partial charge in [0.1, 0.15) is 11.3 Å². The van der Waals surface area contributed by atoms with E-state index in [2.05, 4.69) is 0 Å². The Kier molecular flexibility index (Phi) is 3.49. The van der Waals surface area contributed by atoms with Crippen LogP contribution in [0.25, 0.3) is 11.0 Å². The Balaban J connectivity index is 2.16. The third kappa shape index (κ3) is 2.39. The second-order valence-corrected chi connectivity index (χ2v) is 5.73. The fraction of sp³-hybridized carbons (Fsp3) is 0.211. The average molecular weight is 294 g/mol. The van der Waals surface area contributed by atoms with Gasteiger partial charge in [-0.3, -0.25) is 0 Å². The van der Waals surface area contributed by atoms with E-state index in [-0.39, 0.29) is 11.4 Å². The second-order valence-electron chi connectivity index (χ2n) is 5.73. The third-order valence-corrected chi connectivity index (χ3v) is 4.27. The maximum absolute atomic E-state index is 12.3. The van der Waals surface area contributed by atoms with Crippen molar-refractivity contribution >= 4 is 11.0 Å². The van der Waals surface area contributed by atoms with E-state index in [9.17, 15) is 9.90 Å². The molecule has 0 spiro atoms. The molecule has 0 unspecified atom stereocenters. The Morgan fingerprint density at radius 1 is 1.00 bits per heavy atom. The summed E-state index contributed by atoms with van der Waals surface area (Å²) in [6.07, 6.45) is 0.526. The molecule has 1 aromatic heterocycles. The quantitative estimate of drug-likeness (QED) is 0.726. The Morgan fingerprint density at radius 2 is 1.73 bits per heavy atom. The molecule has 0 atom stereocenters. The predicted molar refractivity (Wildman–Crippen MR) is 87.6 cm³/mol. The molecule has 0 amide bonds. The fourth-order valence-corrected chi connectivity index (χ4v) is 2.68. The van der Waals surface area contributed by atoms with Gasteiger partial charge in [-0.25, -0.2) is 4.79 Å². The molecule has 3 nitrogen and oxygen atoms in total. The number of phenolic OH excluding ortho intramolecular Hbond substituents is 1. The monoisotopic (exact) mass is 294 g/mol. The number of hydrogen-bond acceptors (Lipinski definition) is 3. The molecule has 0 aliphatic rings. The average Bonchev–Trinajstić information content (AvgIpc) is 2.49. The molecule has 0 aliphatic carbocycles. The van der Waals surface area contributed by atoms with Crippen LogP contribution in [0, 0.1) is 20.8 Å². The van der Waals surface area contributed by atoms with Crippen LogP contribution < -0.4 is 5.63 Å². The lowest BCUT2D eigenvalue weighted by Gasteiger charge is -2.09. The molecule has 112 valence electrons. The highest BCUT2D eigenvalue weighted by molar-refractivity contribution is 5.83. The predicted octanol–water partition coefficient (Wildman–Crippen LogP) is 4.01. The summed E-state index contributed by atoms with van der Waals surface area (Å²) in [7, 11) is 0. The minimum Gasteiger partial charge on any atom is -0.508 e. The summed E-state index contributed by atoms with van der Waals surface area (Å²) in [5.74, 6) is 0.223. The SMILES string of the molecule is Cc1ccccc1Cc1cc2cc(O)c(C)c(C)c2oc1=O. The number of rotatable bonds is 2. The zero-order valence-electron chi connectivity index (χ0n) is 12.9. The van der Waals surface area contributed by atoms with Gasteiger partial charge in [-0.15, -0.1) is 0 Å². The first-order valence-electron chi connectivity index (χ1n) is 7.28. The fourth-order valence-electron chi connectivity index (χ4n) is 2.68. The van der Waals surface area contributed by atoms with E-state index >= 15 is 0 Å². The number of phenols is 1. The molecule has 1 N–H and O–H groups in total. The normalized spacial score (nSPS) is 11.0. The van der Waals surface area contributed by atoms with Crippen molar-refractivity contribution in [1.29, 1.82) is 0 Å². The topological polar surface area (TPSA) is 50.4 Å². The molecule has 0 bridgehead atoms. The van der Waals surface area contributed by atoms with E-state index in [4.69, 9.17) is 4.42 Å². The summed E-state index contributed by atoms with van der Waals surface area (Å²) in [6, 6.07) is 11.5. The first-order chi connectivity index (χ1) is 10.5. The van der Waals surface area contributed by atoms with Gasteiger partial charge in [0.2, 0.25) is 0 Å². The molecular weight excluding hydrogens is 276 g/mol. The molecule has 2 aromatic carbocycles. The molecule has 0 radical (unpaired) electrons. The summed E-state index contributed by atoms with van der Waals surface area (Å²) in [5, 5.41) is 10.7. The first kappa shape index (κ1) is 14.4. The molecule has 1 heterocycles. The molecule has 3 rings (SSSR count). The zero-order chi connectivity index (χ0) is 15.9. The van der Waals surface area contributed by atoms with Gasteiger partial charge in [0.25, 0.3) is 0 Å². The van der Waals surface area contributed by atoms with Crippen LogP contribution in [0.15, 0.2) is 45.6 Å². The molecule has 3 heteroatoms. The Labute approximate surface area is 128 Å². The van der Waals surface area contributed by atoms with E-state index in [1.165, 1.54) is 0 Å². The van der Waals surface area contributed by atoms with Crippen molar-refractivity contribution in [2.24, 2.45) is 0 Å². The van der Waals surface area contributed by atoms with Crippen molar-refractivity contribution in [2.45, 2.75) is 27.2 Å². The summed E-state index contributed by atoms with van der Waals surface area (Å²) in [4.78, 5) is 12.3. The molecule has 0 saturated heterocycles. The van der Waals surface area contributed by atoms with Gasteiger partial charge in [-0.05, 0) is 55.2 Å². The highest BCUT2D eigenvalue weighted by atomic mass is 16.4. The molecular formula is C19H18O3. The number of fused-ring (bicyclic) bond motifs is 1. The Morgan fingerprint density at radius 3 is 2.45 bits per heavy atom. The smallest absolute Gasteiger partial charge is 0.339 e. The van der Waals surface area contributed by atoms with Crippen LogP contribution in [0.5, 0.6) is 5.75 Å². The van der Waals surface area contributed by atoms with Crippen LogP contribution in [0.2, 0.25) is 0 Å². The standard InChI is InChI=1S/C19H18O3/c1-11-6-4-5-7-14(11)8-16-9-15-10-17(20)12(2)13(3)18(15)22-19(16)21/h4-7,9-10,20H,8H2,1-3H3. The van der Waals surface area contributed by atoms with Crippen LogP contribution in [0.3, 0.4) is 0 Å². The van der Waals surface area contributed by atoms with Gasteiger partial charge in [-0.1, -0.05) is 24.3 Å². The number of hydrogen-bond donors (Lipinski definition) is 1. The zero-order valence-corrected chi connectivity index (χ0v) is 12.9. The molecule has 0 saturated carbocycles. The van der Waals surface area contributed by atoms with Gasteiger partial charge >= 0.3 is 5.63 Å². The van der Waals surface area contributed by atoms with E-state index in [1.54, 1.807) is 6.07 Å². The van der Waals surface area contributed by atoms with E-state index in [0.29, 0.717) is 17.6 Å². The van der Waals surface area contributed by atoms with Crippen LogP contribution >= 0.6 is 0 Å². The molecule has 22 heavy (non-hydrogen) atoms. The minimum absolute atomic E-state index is 0.223. The van der Waals surface area contributed by atoms with E-state index < -0.39 is 0 Å². The largest absolute Gasteiger partial charge is 0.508 e. The van der Waals surface area contributed by atoms with Crippen molar-refractivity contribution in [2.75, 3.05) is 0 Å². The van der Waals surface area contributed by atoms with Gasteiger partial charge in [0, 0.05) is 17.4 Å². The summed E-state index contributed by atoms with van der Waals surface area (Å²) in [5.41, 5.74) is 4.62. The van der Waals surface area contributed by atoms with E-state index in [0.717, 1.165) is 27.6 Å². The van der Waals surface area contributed by atoms with Gasteiger partial charge in [0.15, 0.2) is 0 Å². The molecule has 3 aromatic rings. The van der Waals surface area contributed by atoms with Crippen molar-refractivity contribution < 1.29 is 9.52 Å².